The van der Waals surface area contributed by atoms with Gasteiger partial charge in [-0.1, -0.05) is 41.9 Å². The van der Waals surface area contributed by atoms with Crippen LogP contribution >= 0.6 is 11.6 Å². The van der Waals surface area contributed by atoms with E-state index in [0.29, 0.717) is 16.1 Å². The maximum atomic E-state index is 12.0. The van der Waals surface area contributed by atoms with E-state index in [4.69, 9.17) is 11.6 Å². The number of amides is 1. The van der Waals surface area contributed by atoms with E-state index >= 15 is 0 Å². The maximum Gasteiger partial charge on any atom is 0.352 e. The van der Waals surface area contributed by atoms with Gasteiger partial charge in [-0.2, -0.15) is 0 Å². The molecule has 106 valence electrons. The summed E-state index contributed by atoms with van der Waals surface area (Å²) in [6.07, 6.45) is 1.37. The lowest BCUT2D eigenvalue weighted by Crippen LogP contribution is -2.27. The number of rotatable bonds is 4. The molecule has 4 nitrogen and oxygen atoms in total. The van der Waals surface area contributed by atoms with Gasteiger partial charge in [-0.15, -0.1) is 0 Å². The summed E-state index contributed by atoms with van der Waals surface area (Å²) in [6, 6.07) is 15.0. The number of carboxylic acid groups (broad SMARTS) is 1. The van der Waals surface area contributed by atoms with Crippen LogP contribution in [-0.2, 0) is 4.79 Å². The van der Waals surface area contributed by atoms with Crippen molar-refractivity contribution in [3.8, 4) is 0 Å². The summed E-state index contributed by atoms with van der Waals surface area (Å²) in [5.74, 6) is -1.69. The van der Waals surface area contributed by atoms with Crippen LogP contribution in [0, 0.1) is 0 Å². The summed E-state index contributed by atoms with van der Waals surface area (Å²) in [5, 5.41) is 12.1. The van der Waals surface area contributed by atoms with Crippen LogP contribution in [0.4, 0.5) is 0 Å². The number of hydrogen-bond donors (Lipinski definition) is 2. The van der Waals surface area contributed by atoms with Crippen LogP contribution < -0.4 is 5.32 Å². The first-order chi connectivity index (χ1) is 10.1. The highest BCUT2D eigenvalue weighted by Gasteiger charge is 2.12. The van der Waals surface area contributed by atoms with Gasteiger partial charge in [-0.3, -0.25) is 4.79 Å². The molecule has 0 saturated carbocycles. The van der Waals surface area contributed by atoms with Crippen LogP contribution in [0.5, 0.6) is 0 Å². The predicted molar refractivity (Wildman–Crippen MR) is 81.0 cm³/mol. The van der Waals surface area contributed by atoms with Gasteiger partial charge in [0.2, 0.25) is 0 Å². The Balaban J connectivity index is 2.22. The summed E-state index contributed by atoms with van der Waals surface area (Å²) < 4.78 is 0. The van der Waals surface area contributed by atoms with Gasteiger partial charge in [0.05, 0.1) is 0 Å². The number of carbonyl (C=O) groups excluding carboxylic acids is 1. The van der Waals surface area contributed by atoms with Crippen molar-refractivity contribution in [1.29, 1.82) is 0 Å². The molecule has 0 unspecified atom stereocenters. The van der Waals surface area contributed by atoms with Crippen molar-refractivity contribution in [2.45, 2.75) is 0 Å². The van der Waals surface area contributed by atoms with Crippen LogP contribution in [0.15, 0.2) is 60.3 Å². The largest absolute Gasteiger partial charge is 0.477 e. The molecular weight excluding hydrogens is 290 g/mol. The van der Waals surface area contributed by atoms with Crippen molar-refractivity contribution in [2.75, 3.05) is 0 Å². The molecule has 0 aliphatic heterocycles. The third kappa shape index (κ3) is 4.19. The van der Waals surface area contributed by atoms with E-state index in [1.165, 1.54) is 6.08 Å². The van der Waals surface area contributed by atoms with Crippen molar-refractivity contribution in [3.05, 3.63) is 76.4 Å². The molecule has 0 bridgehead atoms. The average molecular weight is 302 g/mol. The highest BCUT2D eigenvalue weighted by Crippen LogP contribution is 2.12. The molecule has 1 amide bonds. The Labute approximate surface area is 126 Å². The Morgan fingerprint density at radius 1 is 1.00 bits per heavy atom. The molecule has 0 aliphatic rings. The van der Waals surface area contributed by atoms with Crippen LogP contribution in [0.2, 0.25) is 5.02 Å². The number of carbonyl (C=O) groups is 2. The number of benzene rings is 2. The number of carboxylic acids is 1. The molecular formula is C16H12ClNO3. The molecule has 0 aliphatic carbocycles. The fraction of sp³-hybridized carbons (Fsp3) is 0. The number of halogens is 1. The quantitative estimate of drug-likeness (QED) is 0.852. The zero-order valence-electron chi connectivity index (χ0n) is 10.9. The Bertz CT molecular complexity index is 678. The van der Waals surface area contributed by atoms with Gasteiger partial charge < -0.3 is 10.4 Å². The second-order valence-electron chi connectivity index (χ2n) is 4.23. The monoisotopic (exact) mass is 301 g/mol. The smallest absolute Gasteiger partial charge is 0.352 e. The minimum Gasteiger partial charge on any atom is -0.477 e. The first-order valence-corrected chi connectivity index (χ1v) is 6.51. The fourth-order valence-electron chi connectivity index (χ4n) is 1.66. The fourth-order valence-corrected chi connectivity index (χ4v) is 1.79. The van der Waals surface area contributed by atoms with E-state index in [9.17, 15) is 14.7 Å². The highest BCUT2D eigenvalue weighted by atomic mass is 35.5. The molecule has 0 aromatic heterocycles. The summed E-state index contributed by atoms with van der Waals surface area (Å²) in [5.41, 5.74) is 0.817. The third-order valence-electron chi connectivity index (χ3n) is 2.70. The van der Waals surface area contributed by atoms with Gasteiger partial charge >= 0.3 is 5.97 Å². The Morgan fingerprint density at radius 2 is 1.62 bits per heavy atom. The van der Waals surface area contributed by atoms with Crippen molar-refractivity contribution < 1.29 is 14.7 Å². The van der Waals surface area contributed by atoms with Gasteiger partial charge in [-0.05, 0) is 35.9 Å². The van der Waals surface area contributed by atoms with Crippen molar-refractivity contribution in [1.82, 2.24) is 5.32 Å². The van der Waals surface area contributed by atoms with Crippen molar-refractivity contribution in [3.63, 3.8) is 0 Å². The van der Waals surface area contributed by atoms with Gasteiger partial charge in [-0.25, -0.2) is 4.79 Å². The van der Waals surface area contributed by atoms with Gasteiger partial charge in [0, 0.05) is 10.6 Å². The molecule has 0 radical (unpaired) electrons. The van der Waals surface area contributed by atoms with E-state index in [1.807, 2.05) is 0 Å². The predicted octanol–water partition coefficient (Wildman–Crippen LogP) is 3.20. The summed E-state index contributed by atoms with van der Waals surface area (Å²) in [4.78, 5) is 23.2. The molecule has 0 fully saturated rings. The van der Waals surface area contributed by atoms with Crippen molar-refractivity contribution >= 4 is 29.6 Å². The minimum absolute atomic E-state index is 0.203. The van der Waals surface area contributed by atoms with E-state index < -0.39 is 11.9 Å². The molecule has 2 aromatic carbocycles. The second kappa shape index (κ2) is 6.72. The van der Waals surface area contributed by atoms with Crippen LogP contribution in [0.25, 0.3) is 6.08 Å². The second-order valence-corrected chi connectivity index (χ2v) is 4.67. The molecule has 21 heavy (non-hydrogen) atoms. The standard InChI is InChI=1S/C16H12ClNO3/c17-13-8-6-11(7-9-13)10-14(16(20)21)18-15(19)12-4-2-1-3-5-12/h1-10H,(H,18,19)(H,20,21)/b14-10+. The highest BCUT2D eigenvalue weighted by molar-refractivity contribution is 6.30. The van der Waals surface area contributed by atoms with Gasteiger partial charge in [0.15, 0.2) is 0 Å². The maximum absolute atomic E-state index is 12.0. The Kier molecular flexibility index (Phi) is 4.74. The van der Waals surface area contributed by atoms with E-state index in [1.54, 1.807) is 54.6 Å². The van der Waals surface area contributed by atoms with E-state index in [2.05, 4.69) is 5.32 Å². The van der Waals surface area contributed by atoms with Crippen LogP contribution in [-0.4, -0.2) is 17.0 Å². The normalized spacial score (nSPS) is 11.0. The molecule has 2 N–H and O–H groups in total. The topological polar surface area (TPSA) is 66.4 Å². The van der Waals surface area contributed by atoms with Crippen LogP contribution in [0.3, 0.4) is 0 Å². The zero-order valence-corrected chi connectivity index (χ0v) is 11.7. The molecule has 0 atom stereocenters. The minimum atomic E-state index is -1.21. The van der Waals surface area contributed by atoms with Crippen LogP contribution in [0.1, 0.15) is 15.9 Å². The first-order valence-electron chi connectivity index (χ1n) is 6.13. The molecule has 5 heteroatoms. The van der Waals surface area contributed by atoms with Gasteiger partial charge in [0.25, 0.3) is 5.91 Å². The number of nitrogens with one attached hydrogen (secondary N) is 1. The zero-order chi connectivity index (χ0) is 15.2. The molecule has 2 aromatic rings. The first kappa shape index (κ1) is 14.8. The SMILES string of the molecule is O=C(O)/C(=C\c1ccc(Cl)cc1)NC(=O)c1ccccc1. The Morgan fingerprint density at radius 3 is 2.19 bits per heavy atom. The Hall–Kier alpha value is -2.59. The number of hydrogen-bond acceptors (Lipinski definition) is 2. The summed E-state index contributed by atoms with van der Waals surface area (Å²) >= 11 is 5.77. The molecule has 0 spiro atoms. The molecule has 0 heterocycles. The summed E-state index contributed by atoms with van der Waals surface area (Å²) in [7, 11) is 0. The summed E-state index contributed by atoms with van der Waals surface area (Å²) in [6.45, 7) is 0. The average Bonchev–Trinajstić information content (AvgIpc) is 2.49. The van der Waals surface area contributed by atoms with E-state index in [-0.39, 0.29) is 5.70 Å². The van der Waals surface area contributed by atoms with E-state index in [0.717, 1.165) is 0 Å². The third-order valence-corrected chi connectivity index (χ3v) is 2.95. The molecule has 0 saturated heterocycles. The number of aliphatic carboxylic acids is 1. The van der Waals surface area contributed by atoms with Gasteiger partial charge in [0.1, 0.15) is 5.70 Å². The van der Waals surface area contributed by atoms with Crippen molar-refractivity contribution in [2.24, 2.45) is 0 Å². The lowest BCUT2D eigenvalue weighted by molar-refractivity contribution is -0.132. The lowest BCUT2D eigenvalue weighted by atomic mass is 10.1. The lowest BCUT2D eigenvalue weighted by Gasteiger charge is -2.06. The molecule has 2 rings (SSSR count).